The molecule has 0 amide bonds. The van der Waals surface area contributed by atoms with Gasteiger partial charge in [0, 0.05) is 5.56 Å². The summed E-state index contributed by atoms with van der Waals surface area (Å²) < 4.78 is 0. The van der Waals surface area contributed by atoms with Gasteiger partial charge in [-0.1, -0.05) is 53.6 Å². The van der Waals surface area contributed by atoms with Gasteiger partial charge in [0.05, 0.1) is 0 Å². The lowest BCUT2D eigenvalue weighted by molar-refractivity contribution is 0.112. The van der Waals surface area contributed by atoms with Crippen LogP contribution in [0.3, 0.4) is 0 Å². The number of aldehydes is 1. The summed E-state index contributed by atoms with van der Waals surface area (Å²) in [5.74, 6) is 0. The number of allylic oxidation sites excluding steroid dienone is 4. The maximum atomic E-state index is 11.5. The molecule has 1 nitrogen and oxygen atoms in total. The standard InChI is InChI=1S/C18H16O/c1-12-9-15(10-13(12)2)17-8-7-14-5-3-4-6-16(14)18(17)11-19/h3-9,11H,10H2,1-2H3. The van der Waals surface area contributed by atoms with Crippen molar-refractivity contribution in [3.63, 3.8) is 0 Å². The van der Waals surface area contributed by atoms with E-state index in [1.165, 1.54) is 16.7 Å². The molecule has 1 aliphatic carbocycles. The van der Waals surface area contributed by atoms with Crippen LogP contribution in [0.5, 0.6) is 0 Å². The molecule has 1 heteroatoms. The molecule has 94 valence electrons. The molecule has 0 unspecified atom stereocenters. The second-order valence-electron chi connectivity index (χ2n) is 5.18. The molecule has 0 heterocycles. The lowest BCUT2D eigenvalue weighted by Gasteiger charge is -2.10. The Morgan fingerprint density at radius 1 is 1.05 bits per heavy atom. The van der Waals surface area contributed by atoms with E-state index in [2.05, 4.69) is 32.1 Å². The average molecular weight is 248 g/mol. The van der Waals surface area contributed by atoms with Gasteiger partial charge in [-0.3, -0.25) is 4.79 Å². The van der Waals surface area contributed by atoms with Crippen molar-refractivity contribution in [3.05, 3.63) is 64.7 Å². The molecule has 0 saturated heterocycles. The van der Waals surface area contributed by atoms with Crippen LogP contribution in [0.1, 0.15) is 36.2 Å². The molecule has 0 radical (unpaired) electrons. The van der Waals surface area contributed by atoms with E-state index in [4.69, 9.17) is 0 Å². The van der Waals surface area contributed by atoms with Gasteiger partial charge < -0.3 is 0 Å². The Labute approximate surface area is 113 Å². The minimum Gasteiger partial charge on any atom is -0.298 e. The molecule has 2 aromatic rings. The highest BCUT2D eigenvalue weighted by Crippen LogP contribution is 2.35. The van der Waals surface area contributed by atoms with Crippen molar-refractivity contribution in [2.75, 3.05) is 0 Å². The van der Waals surface area contributed by atoms with Crippen molar-refractivity contribution in [1.29, 1.82) is 0 Å². The van der Waals surface area contributed by atoms with Crippen molar-refractivity contribution in [2.24, 2.45) is 0 Å². The fraction of sp³-hybridized carbons (Fsp3) is 0.167. The predicted molar refractivity (Wildman–Crippen MR) is 80.3 cm³/mol. The van der Waals surface area contributed by atoms with Crippen molar-refractivity contribution in [2.45, 2.75) is 20.3 Å². The maximum absolute atomic E-state index is 11.5. The highest BCUT2D eigenvalue weighted by Gasteiger charge is 2.15. The molecule has 0 aromatic heterocycles. The summed E-state index contributed by atoms with van der Waals surface area (Å²) in [6, 6.07) is 12.2. The fourth-order valence-electron chi connectivity index (χ4n) is 2.74. The lowest BCUT2D eigenvalue weighted by Crippen LogP contribution is -1.93. The van der Waals surface area contributed by atoms with Crippen molar-refractivity contribution in [1.82, 2.24) is 0 Å². The predicted octanol–water partition coefficient (Wildman–Crippen LogP) is 4.78. The topological polar surface area (TPSA) is 17.1 Å². The van der Waals surface area contributed by atoms with Gasteiger partial charge in [-0.05, 0) is 42.2 Å². The molecular formula is C18H16O. The third kappa shape index (κ3) is 1.91. The first-order chi connectivity index (χ1) is 9.20. The molecule has 0 bridgehead atoms. The van der Waals surface area contributed by atoms with Crippen LogP contribution < -0.4 is 0 Å². The molecule has 1 aliphatic rings. The molecule has 0 atom stereocenters. The Morgan fingerprint density at radius 2 is 1.84 bits per heavy atom. The van der Waals surface area contributed by atoms with Crippen LogP contribution in [0.15, 0.2) is 53.6 Å². The number of hydrogen-bond acceptors (Lipinski definition) is 1. The van der Waals surface area contributed by atoms with Gasteiger partial charge in [-0.2, -0.15) is 0 Å². The number of fused-ring (bicyclic) bond motifs is 1. The average Bonchev–Trinajstić information content (AvgIpc) is 2.77. The zero-order valence-corrected chi connectivity index (χ0v) is 11.2. The summed E-state index contributed by atoms with van der Waals surface area (Å²) in [6.07, 6.45) is 4.14. The summed E-state index contributed by atoms with van der Waals surface area (Å²) in [6.45, 7) is 4.28. The van der Waals surface area contributed by atoms with E-state index >= 15 is 0 Å². The molecule has 0 fully saturated rings. The van der Waals surface area contributed by atoms with Gasteiger partial charge in [0.2, 0.25) is 0 Å². The van der Waals surface area contributed by atoms with Gasteiger partial charge >= 0.3 is 0 Å². The summed E-state index contributed by atoms with van der Waals surface area (Å²) in [5.41, 5.74) is 5.85. The van der Waals surface area contributed by atoms with Crippen molar-refractivity contribution in [3.8, 4) is 0 Å². The van der Waals surface area contributed by atoms with Crippen LogP contribution in [-0.2, 0) is 0 Å². The SMILES string of the molecule is CC1=C(C)CC(c2ccc3ccccc3c2C=O)=C1. The molecule has 0 saturated carbocycles. The molecule has 3 rings (SSSR count). The van der Waals surface area contributed by atoms with Crippen molar-refractivity contribution >= 4 is 22.6 Å². The number of carbonyl (C=O) groups is 1. The molecule has 19 heavy (non-hydrogen) atoms. The Bertz CT molecular complexity index is 732. The molecule has 0 spiro atoms. The lowest BCUT2D eigenvalue weighted by atomic mass is 9.93. The molecular weight excluding hydrogens is 232 g/mol. The van der Waals surface area contributed by atoms with Gasteiger partial charge in [0.15, 0.2) is 6.29 Å². The first kappa shape index (κ1) is 11.9. The van der Waals surface area contributed by atoms with Crippen LogP contribution in [-0.4, -0.2) is 6.29 Å². The largest absolute Gasteiger partial charge is 0.298 e. The van der Waals surface area contributed by atoms with Gasteiger partial charge in [0.1, 0.15) is 0 Å². The van der Waals surface area contributed by atoms with Gasteiger partial charge in [0.25, 0.3) is 0 Å². The van der Waals surface area contributed by atoms with E-state index in [0.717, 1.165) is 34.6 Å². The van der Waals surface area contributed by atoms with E-state index in [9.17, 15) is 4.79 Å². The second-order valence-corrected chi connectivity index (χ2v) is 5.18. The number of benzene rings is 2. The summed E-state index contributed by atoms with van der Waals surface area (Å²) in [5, 5.41) is 2.16. The quantitative estimate of drug-likeness (QED) is 0.699. The van der Waals surface area contributed by atoms with E-state index in [1.54, 1.807) is 0 Å². The Balaban J connectivity index is 2.21. The third-order valence-corrected chi connectivity index (χ3v) is 3.95. The molecule has 0 aliphatic heterocycles. The van der Waals surface area contributed by atoms with Crippen LogP contribution in [0.4, 0.5) is 0 Å². The summed E-state index contributed by atoms with van der Waals surface area (Å²) >= 11 is 0. The van der Waals surface area contributed by atoms with Crippen LogP contribution >= 0.6 is 0 Å². The smallest absolute Gasteiger partial charge is 0.151 e. The summed E-state index contributed by atoms with van der Waals surface area (Å²) in [7, 11) is 0. The Kier molecular flexibility index (Phi) is 2.83. The minimum absolute atomic E-state index is 0.812. The van der Waals surface area contributed by atoms with E-state index in [-0.39, 0.29) is 0 Å². The van der Waals surface area contributed by atoms with Crippen molar-refractivity contribution < 1.29 is 4.79 Å². The number of rotatable bonds is 2. The van der Waals surface area contributed by atoms with Crippen LogP contribution in [0.2, 0.25) is 0 Å². The zero-order valence-electron chi connectivity index (χ0n) is 11.2. The minimum atomic E-state index is 0.812. The molecule has 0 N–H and O–H groups in total. The number of carbonyl (C=O) groups excluding carboxylic acids is 1. The van der Waals surface area contributed by atoms with E-state index in [1.807, 2.05) is 24.3 Å². The van der Waals surface area contributed by atoms with E-state index in [0.29, 0.717) is 0 Å². The van der Waals surface area contributed by atoms with E-state index < -0.39 is 0 Å². The molecule has 2 aromatic carbocycles. The first-order valence-corrected chi connectivity index (χ1v) is 6.55. The Hall–Kier alpha value is -2.15. The Morgan fingerprint density at radius 3 is 2.53 bits per heavy atom. The van der Waals surface area contributed by atoms with Crippen LogP contribution in [0, 0.1) is 0 Å². The van der Waals surface area contributed by atoms with Crippen LogP contribution in [0.25, 0.3) is 16.3 Å². The highest BCUT2D eigenvalue weighted by molar-refractivity contribution is 6.03. The fourth-order valence-corrected chi connectivity index (χ4v) is 2.74. The van der Waals surface area contributed by atoms with Gasteiger partial charge in [-0.25, -0.2) is 0 Å². The highest BCUT2D eigenvalue weighted by atomic mass is 16.1. The number of hydrogen-bond donors (Lipinski definition) is 0. The normalized spacial score (nSPS) is 14.9. The monoisotopic (exact) mass is 248 g/mol. The maximum Gasteiger partial charge on any atom is 0.151 e. The zero-order chi connectivity index (χ0) is 13.4. The first-order valence-electron chi connectivity index (χ1n) is 6.55. The second kappa shape index (κ2) is 4.51. The van der Waals surface area contributed by atoms with Gasteiger partial charge in [-0.15, -0.1) is 0 Å². The summed E-state index contributed by atoms with van der Waals surface area (Å²) in [4.78, 5) is 11.5. The third-order valence-electron chi connectivity index (χ3n) is 3.95.